The highest BCUT2D eigenvalue weighted by atomic mass is 15.4. The highest BCUT2D eigenvalue weighted by Gasteiger charge is 2.20. The molecule has 1 atom stereocenters. The Balaban J connectivity index is 1.86. The summed E-state index contributed by atoms with van der Waals surface area (Å²) in [6.45, 7) is 9.47. The van der Waals surface area contributed by atoms with Gasteiger partial charge >= 0.3 is 0 Å². The van der Waals surface area contributed by atoms with Gasteiger partial charge in [-0.15, -0.1) is 0 Å². The highest BCUT2D eigenvalue weighted by Crippen LogP contribution is 2.19. The van der Waals surface area contributed by atoms with Crippen LogP contribution >= 0.6 is 0 Å². The molecule has 0 amide bonds. The largest absolute Gasteiger partial charge is 0.356 e. The minimum atomic E-state index is 0.571. The van der Waals surface area contributed by atoms with Crippen LogP contribution in [-0.4, -0.2) is 29.1 Å². The van der Waals surface area contributed by atoms with E-state index in [1.807, 2.05) is 0 Å². The van der Waals surface area contributed by atoms with Gasteiger partial charge in [-0.3, -0.25) is 0 Å². The van der Waals surface area contributed by atoms with E-state index in [9.17, 15) is 0 Å². The van der Waals surface area contributed by atoms with Crippen LogP contribution in [0.2, 0.25) is 0 Å². The molecule has 0 aromatic heterocycles. The Kier molecular flexibility index (Phi) is 20.3. The molecule has 1 rings (SSSR count). The van der Waals surface area contributed by atoms with E-state index in [0.717, 1.165) is 0 Å². The number of rotatable bonds is 24. The molecule has 0 spiro atoms. The van der Waals surface area contributed by atoms with Gasteiger partial charge in [0.1, 0.15) is 0 Å². The van der Waals surface area contributed by atoms with Gasteiger partial charge in [-0.1, -0.05) is 142 Å². The van der Waals surface area contributed by atoms with Crippen molar-refractivity contribution in [1.29, 1.82) is 0 Å². The van der Waals surface area contributed by atoms with Gasteiger partial charge in [0.05, 0.1) is 6.17 Å². The summed E-state index contributed by atoms with van der Waals surface area (Å²) in [6, 6.07) is 0. The van der Waals surface area contributed by atoms with Gasteiger partial charge in [-0.2, -0.15) is 0 Å². The van der Waals surface area contributed by atoms with Crippen molar-refractivity contribution in [2.45, 2.75) is 168 Å². The molecule has 0 bridgehead atoms. The van der Waals surface area contributed by atoms with Crippen molar-refractivity contribution >= 4 is 0 Å². The lowest BCUT2D eigenvalue weighted by Gasteiger charge is -2.30. The molecule has 0 saturated carbocycles. The Morgan fingerprint density at radius 3 is 0.938 bits per heavy atom. The molecular weight excluding hydrogens is 388 g/mol. The quantitative estimate of drug-likeness (QED) is 0.135. The van der Waals surface area contributed by atoms with Gasteiger partial charge in [0.15, 0.2) is 0 Å². The SMILES string of the molecule is CCCCCCCCCCCCCCCN1C=CN(CCCCCCCCCCC)C1C. The second kappa shape index (κ2) is 22.1. The van der Waals surface area contributed by atoms with Crippen LogP contribution in [0.25, 0.3) is 0 Å². The summed E-state index contributed by atoms with van der Waals surface area (Å²) in [5.74, 6) is 0. The van der Waals surface area contributed by atoms with E-state index >= 15 is 0 Å². The second-order valence-corrected chi connectivity index (χ2v) is 10.5. The van der Waals surface area contributed by atoms with E-state index in [1.165, 1.54) is 154 Å². The smallest absolute Gasteiger partial charge is 0.0977 e. The lowest BCUT2D eigenvalue weighted by molar-refractivity contribution is 0.165. The summed E-state index contributed by atoms with van der Waals surface area (Å²) in [7, 11) is 0. The number of nitrogens with zero attached hydrogens (tertiary/aromatic N) is 2. The molecule has 1 aliphatic rings. The van der Waals surface area contributed by atoms with E-state index in [2.05, 4.69) is 43.0 Å². The van der Waals surface area contributed by atoms with Gasteiger partial charge in [0.2, 0.25) is 0 Å². The first kappa shape index (κ1) is 29.4. The molecule has 2 nitrogen and oxygen atoms in total. The zero-order valence-electron chi connectivity index (χ0n) is 22.6. The molecule has 0 fully saturated rings. The molecule has 0 aromatic carbocycles. The van der Waals surface area contributed by atoms with Crippen molar-refractivity contribution in [3.63, 3.8) is 0 Å². The standard InChI is InChI=1S/C30H60N2/c1-4-6-8-10-12-14-15-16-17-19-21-23-25-27-32-29-28-31(30(32)3)26-24-22-20-18-13-11-9-7-5-2/h28-30H,4-27H2,1-3H3. The third kappa shape index (κ3) is 16.0. The van der Waals surface area contributed by atoms with Crippen molar-refractivity contribution in [1.82, 2.24) is 9.80 Å². The van der Waals surface area contributed by atoms with E-state index in [1.54, 1.807) is 0 Å². The maximum Gasteiger partial charge on any atom is 0.0977 e. The van der Waals surface area contributed by atoms with Crippen LogP contribution in [0.15, 0.2) is 12.4 Å². The van der Waals surface area contributed by atoms with E-state index in [4.69, 9.17) is 0 Å². The summed E-state index contributed by atoms with van der Waals surface area (Å²) in [5.41, 5.74) is 0. The fourth-order valence-corrected chi connectivity index (χ4v) is 5.05. The van der Waals surface area contributed by atoms with Gasteiger partial charge < -0.3 is 9.80 Å². The highest BCUT2D eigenvalue weighted by molar-refractivity contribution is 4.95. The molecule has 1 aliphatic heterocycles. The molecule has 0 aliphatic carbocycles. The summed E-state index contributed by atoms with van der Waals surface area (Å²) in [6.07, 6.45) is 36.7. The molecule has 0 aromatic rings. The summed E-state index contributed by atoms with van der Waals surface area (Å²) < 4.78 is 0. The first-order chi connectivity index (χ1) is 15.8. The van der Waals surface area contributed by atoms with Crippen LogP contribution in [0.1, 0.15) is 162 Å². The minimum absolute atomic E-state index is 0.571. The lowest BCUT2D eigenvalue weighted by Crippen LogP contribution is -2.36. The average Bonchev–Trinajstić information content (AvgIpc) is 3.15. The van der Waals surface area contributed by atoms with Crippen LogP contribution < -0.4 is 0 Å². The van der Waals surface area contributed by atoms with Crippen LogP contribution in [0, 0.1) is 0 Å². The van der Waals surface area contributed by atoms with Crippen molar-refractivity contribution in [3.05, 3.63) is 12.4 Å². The second-order valence-electron chi connectivity index (χ2n) is 10.5. The van der Waals surface area contributed by atoms with E-state index in [-0.39, 0.29) is 0 Å². The predicted octanol–water partition coefficient (Wildman–Crippen LogP) is 10.0. The molecule has 190 valence electrons. The third-order valence-electron chi connectivity index (χ3n) is 7.45. The summed E-state index contributed by atoms with van der Waals surface area (Å²) in [4.78, 5) is 5.12. The van der Waals surface area contributed by atoms with Crippen LogP contribution in [-0.2, 0) is 0 Å². The Labute approximate surface area is 203 Å². The molecule has 2 heteroatoms. The van der Waals surface area contributed by atoms with Crippen LogP contribution in [0.4, 0.5) is 0 Å². The minimum Gasteiger partial charge on any atom is -0.356 e. The van der Waals surface area contributed by atoms with E-state index in [0.29, 0.717) is 6.17 Å². The van der Waals surface area contributed by atoms with Gasteiger partial charge in [0.25, 0.3) is 0 Å². The zero-order chi connectivity index (χ0) is 23.1. The van der Waals surface area contributed by atoms with E-state index < -0.39 is 0 Å². The van der Waals surface area contributed by atoms with Gasteiger partial charge in [-0.25, -0.2) is 0 Å². The first-order valence-electron chi connectivity index (χ1n) is 15.0. The summed E-state index contributed by atoms with van der Waals surface area (Å²) >= 11 is 0. The number of hydrogen-bond donors (Lipinski definition) is 0. The first-order valence-corrected chi connectivity index (χ1v) is 15.0. The lowest BCUT2D eigenvalue weighted by atomic mass is 10.0. The van der Waals surface area contributed by atoms with Gasteiger partial charge in [-0.05, 0) is 19.8 Å². The molecule has 0 N–H and O–H groups in total. The predicted molar refractivity (Wildman–Crippen MR) is 145 cm³/mol. The monoisotopic (exact) mass is 448 g/mol. The maximum atomic E-state index is 2.56. The molecule has 0 radical (unpaired) electrons. The molecule has 1 unspecified atom stereocenters. The van der Waals surface area contributed by atoms with Crippen molar-refractivity contribution in [3.8, 4) is 0 Å². The van der Waals surface area contributed by atoms with Gasteiger partial charge in [0, 0.05) is 25.5 Å². The molecule has 32 heavy (non-hydrogen) atoms. The molecular formula is C30H60N2. The number of unbranched alkanes of at least 4 members (excludes halogenated alkanes) is 20. The fraction of sp³-hybridized carbons (Fsp3) is 0.933. The Bertz CT molecular complexity index is 406. The molecule has 1 heterocycles. The average molecular weight is 449 g/mol. The normalized spacial score (nSPS) is 15.9. The zero-order valence-corrected chi connectivity index (χ0v) is 22.6. The van der Waals surface area contributed by atoms with Crippen molar-refractivity contribution in [2.75, 3.05) is 13.1 Å². The third-order valence-corrected chi connectivity index (χ3v) is 7.45. The topological polar surface area (TPSA) is 6.48 Å². The Hall–Kier alpha value is -0.660. The fourth-order valence-electron chi connectivity index (χ4n) is 5.05. The number of hydrogen-bond acceptors (Lipinski definition) is 2. The molecule has 0 saturated heterocycles. The van der Waals surface area contributed by atoms with Crippen LogP contribution in [0.5, 0.6) is 0 Å². The van der Waals surface area contributed by atoms with Crippen molar-refractivity contribution in [2.24, 2.45) is 0 Å². The summed E-state index contributed by atoms with van der Waals surface area (Å²) in [5, 5.41) is 0. The van der Waals surface area contributed by atoms with Crippen LogP contribution in [0.3, 0.4) is 0 Å². The maximum absolute atomic E-state index is 2.56. The Morgan fingerprint density at radius 1 is 0.406 bits per heavy atom. The van der Waals surface area contributed by atoms with Crippen molar-refractivity contribution < 1.29 is 0 Å². The Morgan fingerprint density at radius 2 is 0.656 bits per heavy atom.